The molecule has 1 N–H and O–H groups in total. The van der Waals surface area contributed by atoms with Gasteiger partial charge in [-0.2, -0.15) is 13.2 Å². The zero-order chi connectivity index (χ0) is 30.7. The SMILES string of the molecule is O=C(NC1(c2ccc(-c3nc4ccn5c(-c6ncccn6)nnc5c4cc3-c3ccccc3)cc2)CC(F)(F)C1)C(F)(F)F. The minimum atomic E-state index is -5.21. The van der Waals surface area contributed by atoms with Crippen molar-refractivity contribution in [2.75, 3.05) is 0 Å². The Labute approximate surface area is 245 Å². The quantitative estimate of drug-likeness (QED) is 0.231. The van der Waals surface area contributed by atoms with E-state index >= 15 is 0 Å². The van der Waals surface area contributed by atoms with Gasteiger partial charge in [0.15, 0.2) is 11.5 Å². The largest absolute Gasteiger partial charge is 0.471 e. The maximum absolute atomic E-state index is 13.9. The first-order chi connectivity index (χ1) is 21.0. The molecule has 8 nitrogen and oxygen atoms in total. The smallest absolute Gasteiger partial charge is 0.338 e. The van der Waals surface area contributed by atoms with Crippen molar-refractivity contribution in [3.63, 3.8) is 0 Å². The number of nitrogens with one attached hydrogen (secondary N) is 1. The molecular weight excluding hydrogens is 581 g/mol. The fraction of sp³-hybridized carbons (Fsp3) is 0.161. The van der Waals surface area contributed by atoms with Crippen molar-refractivity contribution >= 4 is 22.5 Å². The Morgan fingerprint density at radius 2 is 1.57 bits per heavy atom. The molecule has 2 aromatic carbocycles. The summed E-state index contributed by atoms with van der Waals surface area (Å²) in [5, 5.41) is 11.2. The minimum absolute atomic E-state index is 0.146. The number of halogens is 5. The van der Waals surface area contributed by atoms with Crippen molar-refractivity contribution in [2.45, 2.75) is 30.5 Å². The van der Waals surface area contributed by atoms with E-state index in [4.69, 9.17) is 4.98 Å². The first-order valence-corrected chi connectivity index (χ1v) is 13.4. The normalized spacial score (nSPS) is 15.7. The van der Waals surface area contributed by atoms with E-state index in [1.54, 1.807) is 47.3 Å². The molecule has 7 rings (SSSR count). The number of amides is 1. The lowest BCUT2D eigenvalue weighted by atomic mass is 9.68. The van der Waals surface area contributed by atoms with Gasteiger partial charge in [-0.25, -0.2) is 23.7 Å². The predicted molar refractivity (Wildman–Crippen MR) is 150 cm³/mol. The lowest BCUT2D eigenvalue weighted by Gasteiger charge is -2.48. The van der Waals surface area contributed by atoms with Crippen LogP contribution in [0.4, 0.5) is 22.0 Å². The van der Waals surface area contributed by atoms with Gasteiger partial charge in [0.2, 0.25) is 5.82 Å². The Morgan fingerprint density at radius 3 is 2.23 bits per heavy atom. The number of rotatable bonds is 5. The van der Waals surface area contributed by atoms with E-state index in [9.17, 15) is 26.7 Å². The van der Waals surface area contributed by atoms with Gasteiger partial charge in [-0.3, -0.25) is 9.20 Å². The Balaban J connectivity index is 1.34. The van der Waals surface area contributed by atoms with E-state index in [1.807, 2.05) is 41.7 Å². The van der Waals surface area contributed by atoms with Crippen LogP contribution in [-0.2, 0) is 10.3 Å². The van der Waals surface area contributed by atoms with E-state index in [-0.39, 0.29) is 5.56 Å². The molecule has 0 radical (unpaired) electrons. The summed E-state index contributed by atoms with van der Waals surface area (Å²) in [6.45, 7) is 0. The van der Waals surface area contributed by atoms with Crippen LogP contribution in [0, 0.1) is 0 Å². The summed E-state index contributed by atoms with van der Waals surface area (Å²) >= 11 is 0. The third kappa shape index (κ3) is 4.70. The van der Waals surface area contributed by atoms with Gasteiger partial charge in [0.05, 0.1) is 16.7 Å². The maximum atomic E-state index is 13.9. The monoisotopic (exact) mass is 601 g/mol. The minimum Gasteiger partial charge on any atom is -0.338 e. The Hall–Kier alpha value is -5.33. The fourth-order valence-electron chi connectivity index (χ4n) is 5.65. The van der Waals surface area contributed by atoms with Crippen molar-refractivity contribution in [3.8, 4) is 34.0 Å². The van der Waals surface area contributed by atoms with Gasteiger partial charge in [-0.05, 0) is 29.3 Å². The van der Waals surface area contributed by atoms with Gasteiger partial charge in [0, 0.05) is 47.9 Å². The van der Waals surface area contributed by atoms with Crippen LogP contribution in [0.2, 0.25) is 0 Å². The molecule has 0 spiro atoms. The van der Waals surface area contributed by atoms with Gasteiger partial charge < -0.3 is 5.32 Å². The van der Waals surface area contributed by atoms with E-state index in [2.05, 4.69) is 20.2 Å². The number of carbonyl (C=O) groups is 1. The van der Waals surface area contributed by atoms with E-state index in [0.29, 0.717) is 39.5 Å². The molecular formula is C31H20F5N7O. The van der Waals surface area contributed by atoms with E-state index < -0.39 is 36.4 Å². The summed E-state index contributed by atoms with van der Waals surface area (Å²) in [4.78, 5) is 25.2. The van der Waals surface area contributed by atoms with Crippen LogP contribution in [0.25, 0.3) is 50.6 Å². The number of carbonyl (C=O) groups excluding carboxylic acids is 1. The van der Waals surface area contributed by atoms with E-state index in [1.165, 1.54) is 12.1 Å². The molecule has 0 saturated heterocycles. The zero-order valence-corrected chi connectivity index (χ0v) is 22.6. The van der Waals surface area contributed by atoms with Crippen molar-refractivity contribution in [3.05, 3.63) is 97.0 Å². The maximum Gasteiger partial charge on any atom is 0.471 e. The highest BCUT2D eigenvalue weighted by Gasteiger charge is 2.60. The standard InChI is InChI=1S/C31H20F5N7O/c32-30(33)16-29(17-30,40-28(44)31(34,35)36)20-9-7-19(8-10-20)24-21(18-5-2-1-3-6-18)15-22-23(39-24)11-14-43-26(22)41-42-27(43)25-37-12-4-13-38-25/h1-15H,16-17H2,(H,40,44). The highest BCUT2D eigenvalue weighted by atomic mass is 19.4. The molecule has 1 aliphatic rings. The molecule has 1 amide bonds. The lowest BCUT2D eigenvalue weighted by molar-refractivity contribution is -0.186. The highest BCUT2D eigenvalue weighted by molar-refractivity contribution is 5.98. The molecule has 220 valence electrons. The number of hydrogen-bond acceptors (Lipinski definition) is 6. The molecule has 1 fully saturated rings. The first-order valence-electron chi connectivity index (χ1n) is 13.4. The van der Waals surface area contributed by atoms with E-state index in [0.717, 1.165) is 11.1 Å². The van der Waals surface area contributed by atoms with Gasteiger partial charge in [-0.15, -0.1) is 10.2 Å². The number of hydrogen-bond donors (Lipinski definition) is 1. The number of benzene rings is 2. The molecule has 0 aliphatic heterocycles. The average molecular weight is 602 g/mol. The molecule has 0 bridgehead atoms. The molecule has 0 atom stereocenters. The summed E-state index contributed by atoms with van der Waals surface area (Å²) in [5.74, 6) is -4.60. The van der Waals surface area contributed by atoms with Crippen LogP contribution in [0.1, 0.15) is 18.4 Å². The van der Waals surface area contributed by atoms with Crippen LogP contribution in [0.3, 0.4) is 0 Å². The van der Waals surface area contributed by atoms with Crippen LogP contribution in [0.5, 0.6) is 0 Å². The number of aromatic nitrogens is 6. The molecule has 1 saturated carbocycles. The Bertz CT molecular complexity index is 2020. The van der Waals surface area contributed by atoms with Crippen LogP contribution in [-0.4, -0.2) is 47.6 Å². The van der Waals surface area contributed by atoms with Crippen LogP contribution in [0.15, 0.2) is 91.4 Å². The number of fused-ring (bicyclic) bond motifs is 3. The fourth-order valence-corrected chi connectivity index (χ4v) is 5.65. The Kier molecular flexibility index (Phi) is 6.16. The second-order valence-corrected chi connectivity index (χ2v) is 10.6. The van der Waals surface area contributed by atoms with Gasteiger partial charge >= 0.3 is 12.1 Å². The van der Waals surface area contributed by atoms with Crippen molar-refractivity contribution in [1.29, 1.82) is 0 Å². The van der Waals surface area contributed by atoms with Gasteiger partial charge in [-0.1, -0.05) is 54.6 Å². The first kappa shape index (κ1) is 27.5. The average Bonchev–Trinajstić information content (AvgIpc) is 3.45. The Morgan fingerprint density at radius 1 is 0.864 bits per heavy atom. The second-order valence-electron chi connectivity index (χ2n) is 10.6. The third-order valence-corrected chi connectivity index (χ3v) is 7.66. The topological polar surface area (TPSA) is 98.0 Å². The van der Waals surface area contributed by atoms with Crippen molar-refractivity contribution < 1.29 is 26.7 Å². The third-order valence-electron chi connectivity index (χ3n) is 7.66. The molecule has 44 heavy (non-hydrogen) atoms. The summed E-state index contributed by atoms with van der Waals surface area (Å²) < 4.78 is 68.7. The number of nitrogens with zero attached hydrogens (tertiary/aromatic N) is 6. The van der Waals surface area contributed by atoms with Gasteiger partial charge in [0.1, 0.15) is 0 Å². The van der Waals surface area contributed by atoms with Gasteiger partial charge in [0.25, 0.3) is 5.92 Å². The molecule has 13 heteroatoms. The molecule has 4 aromatic heterocycles. The molecule has 0 unspecified atom stereocenters. The summed E-state index contributed by atoms with van der Waals surface area (Å²) in [5.41, 5.74) is 2.15. The summed E-state index contributed by atoms with van der Waals surface area (Å²) in [7, 11) is 0. The molecule has 4 heterocycles. The second kappa shape index (κ2) is 9.86. The molecule has 1 aliphatic carbocycles. The van der Waals surface area contributed by atoms with Crippen molar-refractivity contribution in [1.82, 2.24) is 34.9 Å². The molecule has 6 aromatic rings. The van der Waals surface area contributed by atoms with Crippen LogP contribution >= 0.6 is 0 Å². The zero-order valence-electron chi connectivity index (χ0n) is 22.6. The highest BCUT2D eigenvalue weighted by Crippen LogP contribution is 2.52. The van der Waals surface area contributed by atoms with Crippen LogP contribution < -0.4 is 5.32 Å². The lowest BCUT2D eigenvalue weighted by Crippen LogP contribution is -2.61. The number of pyridine rings is 2. The predicted octanol–water partition coefficient (Wildman–Crippen LogP) is 6.37. The van der Waals surface area contributed by atoms with Crippen molar-refractivity contribution in [2.24, 2.45) is 0 Å². The summed E-state index contributed by atoms with van der Waals surface area (Å²) in [6, 6.07) is 21.0. The summed E-state index contributed by atoms with van der Waals surface area (Å²) in [6.07, 6.45) is -2.10. The number of alkyl halides is 5.